The van der Waals surface area contributed by atoms with Crippen LogP contribution in [0.5, 0.6) is 0 Å². The van der Waals surface area contributed by atoms with Crippen LogP contribution in [0.3, 0.4) is 0 Å². The van der Waals surface area contributed by atoms with Gasteiger partial charge in [-0.3, -0.25) is 10.1 Å². The van der Waals surface area contributed by atoms with Gasteiger partial charge in [0.05, 0.1) is 11.5 Å². The maximum atomic E-state index is 12.0. The number of carbonyl (C=O) groups excluding carboxylic acids is 1. The zero-order valence-electron chi connectivity index (χ0n) is 13.3. The topological polar surface area (TPSA) is 95.5 Å². The zero-order valence-corrected chi connectivity index (χ0v) is 13.3. The summed E-state index contributed by atoms with van der Waals surface area (Å²) in [5, 5.41) is 10.8. The van der Waals surface area contributed by atoms with Crippen LogP contribution in [0.4, 0.5) is 5.69 Å². The van der Waals surface area contributed by atoms with Crippen LogP contribution < -0.4 is 0 Å². The highest BCUT2D eigenvalue weighted by molar-refractivity contribution is 5.96. The Morgan fingerprint density at radius 2 is 1.84 bits per heavy atom. The maximum Gasteiger partial charge on any atom is 0.360 e. The average molecular weight is 338 g/mol. The van der Waals surface area contributed by atoms with Gasteiger partial charge in [-0.25, -0.2) is 9.78 Å². The van der Waals surface area contributed by atoms with E-state index in [0.717, 1.165) is 11.1 Å². The molecule has 0 bridgehead atoms. The number of non-ortho nitro benzene ring substituents is 1. The Morgan fingerprint density at radius 1 is 1.16 bits per heavy atom. The van der Waals surface area contributed by atoms with Crippen LogP contribution in [0.25, 0.3) is 22.5 Å². The van der Waals surface area contributed by atoms with E-state index in [1.165, 1.54) is 18.5 Å². The molecule has 2 aromatic carbocycles. The molecule has 0 amide bonds. The first-order valence-corrected chi connectivity index (χ1v) is 7.56. The summed E-state index contributed by atoms with van der Waals surface area (Å²) in [4.78, 5) is 26.4. The highest BCUT2D eigenvalue weighted by atomic mass is 16.6. The predicted molar refractivity (Wildman–Crippen MR) is 90.0 cm³/mol. The van der Waals surface area contributed by atoms with E-state index in [0.29, 0.717) is 11.3 Å². The second-order valence-corrected chi connectivity index (χ2v) is 5.10. The SMILES string of the molecule is CCOC(=O)c1ncoc1-c1ccccc1-c1ccc([N+](=O)[O-])cc1. The van der Waals surface area contributed by atoms with Gasteiger partial charge in [-0.1, -0.05) is 24.3 Å². The first-order valence-electron chi connectivity index (χ1n) is 7.56. The molecular formula is C18H14N2O5. The summed E-state index contributed by atoms with van der Waals surface area (Å²) in [5.74, 6) is -0.267. The number of esters is 1. The van der Waals surface area contributed by atoms with Gasteiger partial charge in [-0.05, 0) is 30.2 Å². The minimum absolute atomic E-state index is 0.00751. The summed E-state index contributed by atoms with van der Waals surface area (Å²) in [6, 6.07) is 13.4. The number of ether oxygens (including phenoxy) is 1. The van der Waals surface area contributed by atoms with Gasteiger partial charge in [0.1, 0.15) is 0 Å². The highest BCUT2D eigenvalue weighted by Crippen LogP contribution is 2.34. The highest BCUT2D eigenvalue weighted by Gasteiger charge is 2.22. The quantitative estimate of drug-likeness (QED) is 0.395. The van der Waals surface area contributed by atoms with Crippen LogP contribution in [0, 0.1) is 10.1 Å². The maximum absolute atomic E-state index is 12.0. The molecule has 0 saturated heterocycles. The first-order chi connectivity index (χ1) is 12.1. The molecule has 7 heteroatoms. The standard InChI is InChI=1S/C18H14N2O5/c1-2-24-18(21)16-17(25-11-19-16)15-6-4-3-5-14(15)12-7-9-13(10-8-12)20(22)23/h3-11H,2H2,1H3. The number of oxazole rings is 1. The molecular weight excluding hydrogens is 324 g/mol. The second kappa shape index (κ2) is 6.96. The number of hydrogen-bond acceptors (Lipinski definition) is 6. The Hall–Kier alpha value is -3.48. The lowest BCUT2D eigenvalue weighted by molar-refractivity contribution is -0.384. The molecule has 0 saturated carbocycles. The van der Waals surface area contributed by atoms with Crippen molar-refractivity contribution in [3.63, 3.8) is 0 Å². The molecule has 0 aliphatic heterocycles. The Balaban J connectivity index is 2.07. The number of nitro groups is 1. The summed E-state index contributed by atoms with van der Waals surface area (Å²) in [6.07, 6.45) is 1.19. The van der Waals surface area contributed by atoms with Gasteiger partial charge in [0.2, 0.25) is 0 Å². The molecule has 25 heavy (non-hydrogen) atoms. The summed E-state index contributed by atoms with van der Waals surface area (Å²) < 4.78 is 10.4. The van der Waals surface area contributed by atoms with E-state index in [2.05, 4.69) is 4.98 Å². The third-order valence-corrected chi connectivity index (χ3v) is 3.60. The molecule has 7 nitrogen and oxygen atoms in total. The third kappa shape index (κ3) is 3.25. The second-order valence-electron chi connectivity index (χ2n) is 5.10. The minimum Gasteiger partial charge on any atom is -0.461 e. The summed E-state index contributed by atoms with van der Waals surface area (Å²) in [5.41, 5.74) is 2.27. The van der Waals surface area contributed by atoms with Crippen molar-refractivity contribution in [3.05, 3.63) is 70.7 Å². The number of aromatic nitrogens is 1. The molecule has 1 heterocycles. The fourth-order valence-corrected chi connectivity index (χ4v) is 2.48. The molecule has 126 valence electrons. The van der Waals surface area contributed by atoms with Crippen LogP contribution in [-0.2, 0) is 4.74 Å². The van der Waals surface area contributed by atoms with Gasteiger partial charge in [0.15, 0.2) is 17.8 Å². The van der Waals surface area contributed by atoms with Crippen LogP contribution in [0.1, 0.15) is 17.4 Å². The van der Waals surface area contributed by atoms with Crippen molar-refractivity contribution in [2.45, 2.75) is 6.92 Å². The van der Waals surface area contributed by atoms with Crippen LogP contribution in [-0.4, -0.2) is 22.5 Å². The number of carbonyl (C=O) groups is 1. The van der Waals surface area contributed by atoms with Crippen molar-refractivity contribution in [2.75, 3.05) is 6.61 Å². The summed E-state index contributed by atoms with van der Waals surface area (Å²) in [6.45, 7) is 1.94. The molecule has 0 N–H and O–H groups in total. The molecule has 0 atom stereocenters. The van der Waals surface area contributed by atoms with Crippen molar-refractivity contribution in [2.24, 2.45) is 0 Å². The van der Waals surface area contributed by atoms with E-state index >= 15 is 0 Å². The van der Waals surface area contributed by atoms with Gasteiger partial charge in [0, 0.05) is 17.7 Å². The van der Waals surface area contributed by atoms with Gasteiger partial charge in [0.25, 0.3) is 5.69 Å². The first kappa shape index (κ1) is 16.4. The van der Waals surface area contributed by atoms with Crippen LogP contribution in [0.15, 0.2) is 59.3 Å². The lowest BCUT2D eigenvalue weighted by Gasteiger charge is -2.08. The molecule has 0 fully saturated rings. The molecule has 3 aromatic rings. The average Bonchev–Trinajstić information content (AvgIpc) is 3.12. The molecule has 0 unspecified atom stereocenters. The molecule has 0 aliphatic carbocycles. The van der Waals surface area contributed by atoms with Crippen molar-refractivity contribution in [3.8, 4) is 22.5 Å². The number of hydrogen-bond donors (Lipinski definition) is 0. The normalized spacial score (nSPS) is 10.4. The van der Waals surface area contributed by atoms with Crippen molar-refractivity contribution in [1.29, 1.82) is 0 Å². The van der Waals surface area contributed by atoms with Gasteiger partial charge < -0.3 is 9.15 Å². The van der Waals surface area contributed by atoms with Crippen molar-refractivity contribution >= 4 is 11.7 Å². The predicted octanol–water partition coefficient (Wildman–Crippen LogP) is 4.09. The number of nitro benzene ring substituents is 1. The number of rotatable bonds is 5. The van der Waals surface area contributed by atoms with E-state index in [4.69, 9.17) is 9.15 Å². The van der Waals surface area contributed by atoms with Crippen molar-refractivity contribution in [1.82, 2.24) is 4.98 Å². The molecule has 0 radical (unpaired) electrons. The monoisotopic (exact) mass is 338 g/mol. The Kier molecular flexibility index (Phi) is 4.56. The molecule has 3 rings (SSSR count). The lowest BCUT2D eigenvalue weighted by Crippen LogP contribution is -2.06. The number of benzene rings is 2. The van der Waals surface area contributed by atoms with E-state index in [1.807, 2.05) is 18.2 Å². The largest absolute Gasteiger partial charge is 0.461 e. The van der Waals surface area contributed by atoms with E-state index in [-0.39, 0.29) is 18.0 Å². The summed E-state index contributed by atoms with van der Waals surface area (Å²) >= 11 is 0. The van der Waals surface area contributed by atoms with Crippen LogP contribution >= 0.6 is 0 Å². The summed E-state index contributed by atoms with van der Waals surface area (Å²) in [7, 11) is 0. The fourth-order valence-electron chi connectivity index (χ4n) is 2.48. The minimum atomic E-state index is -0.565. The van der Waals surface area contributed by atoms with E-state index < -0.39 is 10.9 Å². The lowest BCUT2D eigenvalue weighted by atomic mass is 9.97. The van der Waals surface area contributed by atoms with Gasteiger partial charge >= 0.3 is 5.97 Å². The van der Waals surface area contributed by atoms with Gasteiger partial charge in [-0.2, -0.15) is 0 Å². The molecule has 0 spiro atoms. The van der Waals surface area contributed by atoms with Crippen LogP contribution in [0.2, 0.25) is 0 Å². The molecule has 0 aliphatic rings. The fraction of sp³-hybridized carbons (Fsp3) is 0.111. The van der Waals surface area contributed by atoms with Crippen molar-refractivity contribution < 1.29 is 18.9 Å². The Morgan fingerprint density at radius 3 is 2.48 bits per heavy atom. The zero-order chi connectivity index (χ0) is 17.8. The Bertz CT molecular complexity index is 915. The molecule has 1 aromatic heterocycles. The Labute approximate surface area is 143 Å². The number of nitrogens with zero attached hydrogens (tertiary/aromatic N) is 2. The van der Waals surface area contributed by atoms with E-state index in [9.17, 15) is 14.9 Å². The third-order valence-electron chi connectivity index (χ3n) is 3.60. The van der Waals surface area contributed by atoms with Gasteiger partial charge in [-0.15, -0.1) is 0 Å². The smallest absolute Gasteiger partial charge is 0.360 e. The van der Waals surface area contributed by atoms with E-state index in [1.54, 1.807) is 25.1 Å².